The Labute approximate surface area is 201 Å². The van der Waals surface area contributed by atoms with E-state index in [1.54, 1.807) is 11.8 Å². The largest absolute Gasteiger partial charge is 0.383 e. The average molecular weight is 464 g/mol. The number of amides is 1. The molecule has 0 spiro atoms. The molecule has 3 rings (SSSR count). The van der Waals surface area contributed by atoms with Gasteiger partial charge in [0.05, 0.1) is 5.54 Å². The minimum atomic E-state index is -0.556. The number of carbonyl (C=O) groups is 2. The number of nitrogens with one attached hydrogen (secondary N) is 1. The molecule has 1 atom stereocenters. The summed E-state index contributed by atoms with van der Waals surface area (Å²) >= 11 is 6.49. The molecule has 0 bridgehead atoms. The number of carbonyl (C=O) groups excluding carboxylic acids is 2. The summed E-state index contributed by atoms with van der Waals surface area (Å²) in [6, 6.07) is 11.6. The number of hydrogen-bond acceptors (Lipinski definition) is 4. The lowest BCUT2D eigenvalue weighted by Gasteiger charge is -2.44. The Kier molecular flexibility index (Phi) is 7.84. The molecule has 1 aliphatic rings. The molecule has 2 aromatic carbocycles. The molecule has 1 aliphatic heterocycles. The summed E-state index contributed by atoms with van der Waals surface area (Å²) in [4.78, 5) is 28.2. The van der Waals surface area contributed by atoms with Crippen molar-refractivity contribution < 1.29 is 9.59 Å². The summed E-state index contributed by atoms with van der Waals surface area (Å²) in [6.07, 6.45) is 6.32. The van der Waals surface area contributed by atoms with Crippen LogP contribution in [0.3, 0.4) is 0 Å². The number of nitrogens with zero attached hydrogens (tertiary/aromatic N) is 2. The maximum absolute atomic E-state index is 12.6. The maximum atomic E-state index is 12.6. The minimum absolute atomic E-state index is 0.180. The Morgan fingerprint density at radius 1 is 1.24 bits per heavy atom. The lowest BCUT2D eigenvalue weighted by molar-refractivity contribution is -0.127. The van der Waals surface area contributed by atoms with Crippen molar-refractivity contribution in [2.24, 2.45) is 0 Å². The summed E-state index contributed by atoms with van der Waals surface area (Å²) in [5.41, 5.74) is 3.71. The minimum Gasteiger partial charge on any atom is -0.383 e. The van der Waals surface area contributed by atoms with Crippen LogP contribution >= 0.6 is 11.6 Å². The summed E-state index contributed by atoms with van der Waals surface area (Å²) in [6.45, 7) is 4.78. The number of halogens is 1. The van der Waals surface area contributed by atoms with Crippen molar-refractivity contribution in [2.75, 3.05) is 32.5 Å². The van der Waals surface area contributed by atoms with Gasteiger partial charge in [-0.1, -0.05) is 35.7 Å². The second-order valence-electron chi connectivity index (χ2n) is 8.57. The van der Waals surface area contributed by atoms with Crippen LogP contribution < -0.4 is 5.32 Å². The van der Waals surface area contributed by atoms with Gasteiger partial charge in [-0.3, -0.25) is 9.59 Å². The van der Waals surface area contributed by atoms with Crippen LogP contribution in [-0.4, -0.2) is 49.2 Å². The third-order valence-corrected chi connectivity index (χ3v) is 6.35. The Balaban J connectivity index is 2.05. The number of hydrogen-bond donors (Lipinski definition) is 1. The lowest BCUT2D eigenvalue weighted by atomic mass is 9.79. The number of likely N-dealkylation sites (tertiary alicyclic amines) is 1. The second-order valence-corrected chi connectivity index (χ2v) is 8.97. The molecule has 1 heterocycles. The molecule has 1 N–H and O–H groups in total. The highest BCUT2D eigenvalue weighted by Gasteiger charge is 2.40. The van der Waals surface area contributed by atoms with E-state index in [0.717, 1.165) is 41.5 Å². The van der Waals surface area contributed by atoms with Crippen LogP contribution in [0.4, 0.5) is 5.69 Å². The molecule has 1 saturated heterocycles. The Morgan fingerprint density at radius 3 is 2.73 bits per heavy atom. The first-order valence-corrected chi connectivity index (χ1v) is 11.4. The smallest absolute Gasteiger partial charge is 0.298 e. The lowest BCUT2D eigenvalue weighted by Crippen LogP contribution is -2.52. The van der Waals surface area contributed by atoms with E-state index in [1.807, 2.05) is 68.5 Å². The molecule has 33 heavy (non-hydrogen) atoms. The fourth-order valence-corrected chi connectivity index (χ4v) is 4.52. The average Bonchev–Trinajstić information content (AvgIpc) is 2.80. The van der Waals surface area contributed by atoms with Gasteiger partial charge in [0.1, 0.15) is 0 Å². The van der Waals surface area contributed by atoms with Crippen LogP contribution in [0.2, 0.25) is 5.02 Å². The SMILES string of the molecule is CC#CC(=O)N1CCCC(Nc2ccc(/C=C\N(C)C)c(C=O)c2)(c2cccc(Cl)c2C)C1. The van der Waals surface area contributed by atoms with E-state index in [4.69, 9.17) is 11.6 Å². The second kappa shape index (κ2) is 10.6. The Bertz CT molecular complexity index is 1130. The first-order chi connectivity index (χ1) is 15.8. The van der Waals surface area contributed by atoms with E-state index in [9.17, 15) is 9.59 Å². The molecule has 0 aromatic heterocycles. The summed E-state index contributed by atoms with van der Waals surface area (Å²) < 4.78 is 0. The van der Waals surface area contributed by atoms with Gasteiger partial charge in [0.2, 0.25) is 0 Å². The van der Waals surface area contributed by atoms with Crippen LogP contribution in [0.15, 0.2) is 42.6 Å². The molecule has 0 aliphatic carbocycles. The Hall–Kier alpha value is -3.23. The van der Waals surface area contributed by atoms with Crippen molar-refractivity contribution in [3.05, 3.63) is 69.9 Å². The fourth-order valence-electron chi connectivity index (χ4n) is 4.34. The van der Waals surface area contributed by atoms with Crippen molar-refractivity contribution in [3.63, 3.8) is 0 Å². The van der Waals surface area contributed by atoms with Crippen molar-refractivity contribution in [1.82, 2.24) is 9.80 Å². The highest BCUT2D eigenvalue weighted by Crippen LogP contribution is 2.39. The molecular formula is C27H30ClN3O2. The van der Waals surface area contributed by atoms with Crippen LogP contribution in [0, 0.1) is 18.8 Å². The zero-order valence-electron chi connectivity index (χ0n) is 19.6. The molecule has 1 amide bonds. The van der Waals surface area contributed by atoms with E-state index in [2.05, 4.69) is 23.2 Å². The van der Waals surface area contributed by atoms with Crippen LogP contribution in [0.5, 0.6) is 0 Å². The van der Waals surface area contributed by atoms with Crippen molar-refractivity contribution in [1.29, 1.82) is 0 Å². The standard InChI is InChI=1S/C27H30ClN3O2/c1-5-8-26(33)31-15-7-14-27(19-31,24-9-6-10-25(28)20(24)2)29-23-12-11-21(13-16-30(3)4)22(17-23)18-32/h6,9-13,16-18,29H,7,14-15,19H2,1-4H3/b16-13-. The number of benzene rings is 2. The topological polar surface area (TPSA) is 52.7 Å². The van der Waals surface area contributed by atoms with Gasteiger partial charge in [0.25, 0.3) is 5.91 Å². The van der Waals surface area contributed by atoms with E-state index >= 15 is 0 Å². The van der Waals surface area contributed by atoms with Gasteiger partial charge in [-0.15, -0.1) is 0 Å². The molecule has 1 fully saturated rings. The summed E-state index contributed by atoms with van der Waals surface area (Å²) in [5, 5.41) is 4.36. The zero-order chi connectivity index (χ0) is 24.0. The quantitative estimate of drug-likeness (QED) is 0.486. The number of aldehydes is 1. The molecule has 5 nitrogen and oxygen atoms in total. The van der Waals surface area contributed by atoms with Crippen LogP contribution in [-0.2, 0) is 10.3 Å². The first kappa shape index (κ1) is 24.4. The van der Waals surface area contributed by atoms with E-state index in [-0.39, 0.29) is 5.91 Å². The number of piperidine rings is 1. The molecule has 0 saturated carbocycles. The summed E-state index contributed by atoms with van der Waals surface area (Å²) in [5.74, 6) is 5.20. The van der Waals surface area contributed by atoms with Crippen LogP contribution in [0.1, 0.15) is 46.8 Å². The summed E-state index contributed by atoms with van der Waals surface area (Å²) in [7, 11) is 3.87. The fraction of sp³-hybridized carbons (Fsp3) is 0.333. The van der Waals surface area contributed by atoms with Gasteiger partial charge in [-0.05, 0) is 79.8 Å². The van der Waals surface area contributed by atoms with Gasteiger partial charge in [0.15, 0.2) is 6.29 Å². The molecule has 2 aromatic rings. The number of anilines is 1. The van der Waals surface area contributed by atoms with Crippen LogP contribution in [0.25, 0.3) is 6.08 Å². The third-order valence-electron chi connectivity index (χ3n) is 5.94. The molecule has 172 valence electrons. The molecule has 1 unspecified atom stereocenters. The zero-order valence-corrected chi connectivity index (χ0v) is 20.4. The number of rotatable bonds is 6. The van der Waals surface area contributed by atoms with Crippen molar-refractivity contribution >= 4 is 35.6 Å². The first-order valence-electron chi connectivity index (χ1n) is 11.0. The molecule has 6 heteroatoms. The maximum Gasteiger partial charge on any atom is 0.298 e. The van der Waals surface area contributed by atoms with E-state index < -0.39 is 5.54 Å². The monoisotopic (exact) mass is 463 g/mol. The van der Waals surface area contributed by atoms with Gasteiger partial charge in [0, 0.05) is 43.5 Å². The van der Waals surface area contributed by atoms with E-state index in [1.165, 1.54) is 0 Å². The highest BCUT2D eigenvalue weighted by molar-refractivity contribution is 6.31. The van der Waals surface area contributed by atoms with Crippen molar-refractivity contribution in [3.8, 4) is 11.8 Å². The predicted molar refractivity (Wildman–Crippen MR) is 135 cm³/mol. The van der Waals surface area contributed by atoms with Gasteiger partial charge in [-0.2, -0.15) is 0 Å². The Morgan fingerprint density at radius 2 is 2.03 bits per heavy atom. The van der Waals surface area contributed by atoms with Gasteiger partial charge in [-0.25, -0.2) is 0 Å². The third kappa shape index (κ3) is 5.58. The van der Waals surface area contributed by atoms with Crippen molar-refractivity contribution in [2.45, 2.75) is 32.2 Å². The molecular weight excluding hydrogens is 434 g/mol. The highest BCUT2D eigenvalue weighted by atomic mass is 35.5. The molecule has 0 radical (unpaired) electrons. The van der Waals surface area contributed by atoms with Gasteiger partial charge >= 0.3 is 0 Å². The predicted octanol–water partition coefficient (Wildman–Crippen LogP) is 4.95. The van der Waals surface area contributed by atoms with Gasteiger partial charge < -0.3 is 15.1 Å². The van der Waals surface area contributed by atoms with E-state index in [0.29, 0.717) is 23.7 Å². The normalized spacial score (nSPS) is 17.9.